The first kappa shape index (κ1) is 25.6. The van der Waals surface area contributed by atoms with Crippen LogP contribution in [0.3, 0.4) is 0 Å². The molecule has 2 N–H and O–H groups in total. The van der Waals surface area contributed by atoms with Gasteiger partial charge in [-0.05, 0) is 43.5 Å². The van der Waals surface area contributed by atoms with E-state index in [0.29, 0.717) is 30.9 Å². The van der Waals surface area contributed by atoms with Crippen molar-refractivity contribution in [3.63, 3.8) is 0 Å². The second-order valence-electron chi connectivity index (χ2n) is 8.80. The fourth-order valence-electron chi connectivity index (χ4n) is 4.42. The average molecular weight is 469 g/mol. The van der Waals surface area contributed by atoms with Gasteiger partial charge in [-0.2, -0.15) is 0 Å². The minimum absolute atomic E-state index is 0.0556. The van der Waals surface area contributed by atoms with E-state index in [9.17, 15) is 14.7 Å². The first-order valence-corrected chi connectivity index (χ1v) is 12.0. The molecule has 0 spiro atoms. The highest BCUT2D eigenvalue weighted by molar-refractivity contribution is 5.85. The lowest BCUT2D eigenvalue weighted by atomic mass is 9.83. The van der Waals surface area contributed by atoms with Crippen LogP contribution in [0.25, 0.3) is 0 Å². The summed E-state index contributed by atoms with van der Waals surface area (Å²) in [6.07, 6.45) is 1.74. The lowest BCUT2D eigenvalue weighted by molar-refractivity contribution is -0.143. The largest absolute Gasteiger partial charge is 0.496 e. The lowest BCUT2D eigenvalue weighted by Gasteiger charge is -2.41. The number of nitrogens with one attached hydrogen (secondary N) is 1. The third kappa shape index (κ3) is 6.50. The van der Waals surface area contributed by atoms with Crippen LogP contribution in [-0.4, -0.2) is 54.7 Å². The van der Waals surface area contributed by atoms with Gasteiger partial charge in [-0.3, -0.25) is 9.59 Å². The van der Waals surface area contributed by atoms with Crippen molar-refractivity contribution in [3.05, 3.63) is 59.7 Å². The van der Waals surface area contributed by atoms with E-state index < -0.39 is 18.1 Å². The van der Waals surface area contributed by atoms with Crippen LogP contribution in [0.15, 0.2) is 48.5 Å². The van der Waals surface area contributed by atoms with Gasteiger partial charge in [0.05, 0.1) is 19.1 Å². The number of para-hydroxylation sites is 1. The minimum Gasteiger partial charge on any atom is -0.496 e. The monoisotopic (exact) mass is 468 g/mol. The Morgan fingerprint density at radius 2 is 2.03 bits per heavy atom. The molecule has 184 valence electrons. The zero-order valence-electron chi connectivity index (χ0n) is 20.3. The van der Waals surface area contributed by atoms with Crippen molar-refractivity contribution in [1.29, 1.82) is 0 Å². The summed E-state index contributed by atoms with van der Waals surface area (Å²) in [5.74, 6) is 0.780. The van der Waals surface area contributed by atoms with Crippen molar-refractivity contribution in [2.24, 2.45) is 5.92 Å². The molecule has 0 aromatic heterocycles. The molecule has 1 fully saturated rings. The highest BCUT2D eigenvalue weighted by atomic mass is 16.5. The first-order chi connectivity index (χ1) is 16.4. The van der Waals surface area contributed by atoms with Crippen LogP contribution >= 0.6 is 0 Å². The fourth-order valence-corrected chi connectivity index (χ4v) is 4.42. The molecule has 7 heteroatoms. The predicted molar refractivity (Wildman–Crippen MR) is 131 cm³/mol. The summed E-state index contributed by atoms with van der Waals surface area (Å²) in [4.78, 5) is 28.0. The van der Waals surface area contributed by atoms with E-state index in [4.69, 9.17) is 9.47 Å². The topological polar surface area (TPSA) is 88.1 Å². The van der Waals surface area contributed by atoms with Crippen molar-refractivity contribution in [1.82, 2.24) is 10.2 Å². The van der Waals surface area contributed by atoms with Crippen molar-refractivity contribution in [2.75, 3.05) is 26.8 Å². The Morgan fingerprint density at radius 1 is 1.24 bits per heavy atom. The van der Waals surface area contributed by atoms with E-state index in [1.165, 1.54) is 0 Å². The number of likely N-dealkylation sites (tertiary alicyclic amines) is 1. The number of hydrogen-bond acceptors (Lipinski definition) is 5. The van der Waals surface area contributed by atoms with Gasteiger partial charge in [0.2, 0.25) is 11.8 Å². The van der Waals surface area contributed by atoms with Crippen LogP contribution < -0.4 is 14.8 Å². The summed E-state index contributed by atoms with van der Waals surface area (Å²) in [6.45, 7) is 4.79. The Hall–Kier alpha value is -3.06. The van der Waals surface area contributed by atoms with Gasteiger partial charge < -0.3 is 24.8 Å². The normalized spacial score (nSPS) is 18.9. The Labute approximate surface area is 202 Å². The summed E-state index contributed by atoms with van der Waals surface area (Å²) >= 11 is 0. The standard InChI is InChI=1S/C27H36N2O5/c1-4-5-15-29-25(31)14-13-23(26(29)22-11-6-7-12-24(22)33-3)27(32)28-17-20(30)18-34-21-10-8-9-19(2)16-21/h6-12,16,20,23,26,30H,4-5,13-15,17-18H2,1-3H3,(H,28,32). The van der Waals surface area contributed by atoms with Gasteiger partial charge >= 0.3 is 0 Å². The van der Waals surface area contributed by atoms with Crippen LogP contribution in [-0.2, 0) is 9.59 Å². The third-order valence-electron chi connectivity index (χ3n) is 6.20. The van der Waals surface area contributed by atoms with Crippen molar-refractivity contribution < 1.29 is 24.2 Å². The molecule has 0 saturated carbocycles. The van der Waals surface area contributed by atoms with Gasteiger partial charge in [0.25, 0.3) is 0 Å². The molecule has 2 aromatic carbocycles. The van der Waals surface area contributed by atoms with E-state index >= 15 is 0 Å². The van der Waals surface area contributed by atoms with Crippen molar-refractivity contribution >= 4 is 11.8 Å². The number of amides is 2. The molecule has 2 amide bonds. The smallest absolute Gasteiger partial charge is 0.225 e. The molecular weight excluding hydrogens is 432 g/mol. The summed E-state index contributed by atoms with van der Waals surface area (Å²) in [5, 5.41) is 13.3. The van der Waals surface area contributed by atoms with Gasteiger partial charge in [0.1, 0.15) is 24.2 Å². The van der Waals surface area contributed by atoms with E-state index in [-0.39, 0.29) is 25.0 Å². The highest BCUT2D eigenvalue weighted by Crippen LogP contribution is 2.40. The maximum absolute atomic E-state index is 13.3. The summed E-state index contributed by atoms with van der Waals surface area (Å²) in [6, 6.07) is 14.7. The average Bonchev–Trinajstić information content (AvgIpc) is 2.85. The van der Waals surface area contributed by atoms with Gasteiger partial charge in [0, 0.05) is 25.1 Å². The van der Waals surface area contributed by atoms with E-state index in [2.05, 4.69) is 12.2 Å². The van der Waals surface area contributed by atoms with E-state index in [1.54, 1.807) is 7.11 Å². The number of aryl methyl sites for hydroxylation is 1. The number of benzene rings is 2. The molecule has 7 nitrogen and oxygen atoms in total. The molecule has 3 unspecified atom stereocenters. The number of methoxy groups -OCH3 is 1. The predicted octanol–water partition coefficient (Wildman–Crippen LogP) is 3.64. The number of unbranched alkanes of at least 4 members (excludes halogenated alkanes) is 1. The number of carbonyl (C=O) groups is 2. The molecule has 3 rings (SSSR count). The van der Waals surface area contributed by atoms with Crippen LogP contribution in [0, 0.1) is 12.8 Å². The van der Waals surface area contributed by atoms with Crippen molar-refractivity contribution in [2.45, 2.75) is 51.7 Å². The summed E-state index contributed by atoms with van der Waals surface area (Å²) in [7, 11) is 1.60. The van der Waals surface area contributed by atoms with Crippen molar-refractivity contribution in [3.8, 4) is 11.5 Å². The minimum atomic E-state index is -0.851. The van der Waals surface area contributed by atoms with Crippen LogP contribution in [0.5, 0.6) is 11.5 Å². The Balaban J connectivity index is 1.70. The third-order valence-corrected chi connectivity index (χ3v) is 6.20. The summed E-state index contributed by atoms with van der Waals surface area (Å²) in [5.41, 5.74) is 1.90. The quantitative estimate of drug-likeness (QED) is 0.526. The van der Waals surface area contributed by atoms with Gasteiger partial charge in [-0.25, -0.2) is 0 Å². The zero-order chi connectivity index (χ0) is 24.5. The number of piperidine rings is 1. The molecule has 0 radical (unpaired) electrons. The van der Waals surface area contributed by atoms with Crippen LogP contribution in [0.4, 0.5) is 0 Å². The van der Waals surface area contributed by atoms with Gasteiger partial charge in [-0.1, -0.05) is 43.7 Å². The second kappa shape index (κ2) is 12.4. The van der Waals surface area contributed by atoms with Gasteiger partial charge in [0.15, 0.2) is 0 Å². The number of carbonyl (C=O) groups excluding carboxylic acids is 2. The van der Waals surface area contributed by atoms with E-state index in [1.807, 2.05) is 60.4 Å². The Kier molecular flexibility index (Phi) is 9.33. The second-order valence-corrected chi connectivity index (χ2v) is 8.80. The van der Waals surface area contributed by atoms with Crippen LogP contribution in [0.2, 0.25) is 0 Å². The molecule has 34 heavy (non-hydrogen) atoms. The number of aliphatic hydroxyl groups is 1. The summed E-state index contributed by atoms with van der Waals surface area (Å²) < 4.78 is 11.2. The SMILES string of the molecule is CCCCN1C(=O)CCC(C(=O)NCC(O)COc2cccc(C)c2)C1c1ccccc1OC. The Morgan fingerprint density at radius 3 is 2.76 bits per heavy atom. The highest BCUT2D eigenvalue weighted by Gasteiger charge is 2.41. The molecule has 1 aliphatic heterocycles. The molecule has 2 aromatic rings. The Bertz CT molecular complexity index is 964. The molecule has 3 atom stereocenters. The number of aliphatic hydroxyl groups excluding tert-OH is 1. The maximum atomic E-state index is 13.3. The fraction of sp³-hybridized carbons (Fsp3) is 0.481. The van der Waals surface area contributed by atoms with E-state index in [0.717, 1.165) is 24.0 Å². The molecule has 1 saturated heterocycles. The molecular formula is C27H36N2O5. The lowest BCUT2D eigenvalue weighted by Crippen LogP contribution is -2.49. The number of ether oxygens (including phenoxy) is 2. The molecule has 0 aliphatic carbocycles. The first-order valence-electron chi connectivity index (χ1n) is 12.0. The number of nitrogens with zero attached hydrogens (tertiary/aromatic N) is 1. The maximum Gasteiger partial charge on any atom is 0.225 e. The zero-order valence-corrected chi connectivity index (χ0v) is 20.3. The van der Waals surface area contributed by atoms with Crippen LogP contribution in [0.1, 0.15) is 49.8 Å². The number of rotatable bonds is 11. The molecule has 1 heterocycles. The molecule has 0 bridgehead atoms. The van der Waals surface area contributed by atoms with Gasteiger partial charge in [-0.15, -0.1) is 0 Å². The molecule has 1 aliphatic rings. The number of hydrogen-bond donors (Lipinski definition) is 2.